The monoisotopic (exact) mass is 399 g/mol. The van der Waals surface area contributed by atoms with Crippen molar-refractivity contribution in [1.29, 1.82) is 0 Å². The third-order valence-electron chi connectivity index (χ3n) is 3.09. The quantitative estimate of drug-likeness (QED) is 0.722. The summed E-state index contributed by atoms with van der Waals surface area (Å²) in [5.41, 5.74) is 0.879. The maximum atomic E-state index is 11.8. The lowest BCUT2D eigenvalue weighted by Gasteiger charge is -2.19. The average molecular weight is 399 g/mol. The van der Waals surface area contributed by atoms with E-state index in [1.54, 1.807) is 0 Å². The third kappa shape index (κ3) is 3.26. The first-order chi connectivity index (χ1) is 10.1. The van der Waals surface area contributed by atoms with Gasteiger partial charge in [-0.05, 0) is 45.0 Å². The van der Waals surface area contributed by atoms with Gasteiger partial charge in [-0.3, -0.25) is 0 Å². The third-order valence-corrected chi connectivity index (χ3v) is 4.10. The molecular weight excluding hydrogens is 385 g/mol. The fraction of sp³-hybridized carbons (Fsp3) is 0.200. The highest BCUT2D eigenvalue weighted by atomic mass is 127. The Bertz CT molecular complexity index is 670. The molecule has 2 aromatic rings. The van der Waals surface area contributed by atoms with Gasteiger partial charge in [0.1, 0.15) is 0 Å². The Balaban J connectivity index is 2.47. The Kier molecular flexibility index (Phi) is 5.00. The van der Waals surface area contributed by atoms with Crippen molar-refractivity contribution in [1.82, 2.24) is 4.90 Å². The summed E-state index contributed by atoms with van der Waals surface area (Å²) in [5.74, 6) is 0. The lowest BCUT2D eigenvalue weighted by Crippen LogP contribution is -2.36. The van der Waals surface area contributed by atoms with E-state index in [0.717, 1.165) is 24.8 Å². The van der Waals surface area contributed by atoms with Crippen LogP contribution < -0.4 is 0 Å². The molecule has 2 aromatic carbocycles. The number of ether oxygens (including phenoxy) is 2. The van der Waals surface area contributed by atoms with Gasteiger partial charge in [0.2, 0.25) is 0 Å². The number of amides is 2. The van der Waals surface area contributed by atoms with E-state index >= 15 is 0 Å². The molecule has 0 unspecified atom stereocenters. The number of hydrogen-bond acceptors (Lipinski definition) is 4. The summed E-state index contributed by atoms with van der Waals surface area (Å²) < 4.78 is 10.2. The summed E-state index contributed by atoms with van der Waals surface area (Å²) >= 11 is 2.18. The molecule has 0 radical (unpaired) electrons. The SMILES string of the molecule is COC(=O)N(Cc1c(I)ccc2ccccc12)C(=O)OC. The summed E-state index contributed by atoms with van der Waals surface area (Å²) in [6.45, 7) is 0.0962. The van der Waals surface area contributed by atoms with Crippen molar-refractivity contribution in [2.24, 2.45) is 0 Å². The van der Waals surface area contributed by atoms with E-state index in [1.165, 1.54) is 14.2 Å². The first-order valence-electron chi connectivity index (χ1n) is 6.18. The minimum Gasteiger partial charge on any atom is -0.452 e. The van der Waals surface area contributed by atoms with Crippen molar-refractivity contribution < 1.29 is 19.1 Å². The van der Waals surface area contributed by atoms with Crippen LogP contribution in [0, 0.1) is 3.57 Å². The fourth-order valence-electron chi connectivity index (χ4n) is 2.05. The van der Waals surface area contributed by atoms with Gasteiger partial charge in [-0.15, -0.1) is 0 Å². The zero-order valence-corrected chi connectivity index (χ0v) is 13.8. The largest absolute Gasteiger partial charge is 0.452 e. The number of rotatable bonds is 2. The second kappa shape index (κ2) is 6.75. The van der Waals surface area contributed by atoms with Gasteiger partial charge in [-0.2, -0.15) is 0 Å². The molecule has 0 fully saturated rings. The molecule has 6 heteroatoms. The van der Waals surface area contributed by atoms with Crippen LogP contribution in [0.4, 0.5) is 9.59 Å². The average Bonchev–Trinajstić information content (AvgIpc) is 2.52. The molecule has 0 spiro atoms. The number of imide groups is 1. The van der Waals surface area contributed by atoms with Crippen LogP contribution in [-0.4, -0.2) is 31.3 Å². The van der Waals surface area contributed by atoms with Gasteiger partial charge in [0.15, 0.2) is 0 Å². The van der Waals surface area contributed by atoms with Crippen LogP contribution in [0.5, 0.6) is 0 Å². The van der Waals surface area contributed by atoms with E-state index in [-0.39, 0.29) is 6.54 Å². The minimum absolute atomic E-state index is 0.0962. The van der Waals surface area contributed by atoms with E-state index in [2.05, 4.69) is 32.1 Å². The van der Waals surface area contributed by atoms with Crippen molar-refractivity contribution in [3.63, 3.8) is 0 Å². The Morgan fingerprint density at radius 2 is 1.67 bits per heavy atom. The Hall–Kier alpha value is -1.83. The summed E-state index contributed by atoms with van der Waals surface area (Å²) in [7, 11) is 2.46. The second-order valence-electron chi connectivity index (χ2n) is 4.27. The molecular formula is C15H14INO4. The van der Waals surface area contributed by atoms with Crippen LogP contribution in [0.2, 0.25) is 0 Å². The number of carbonyl (C=O) groups is 2. The molecule has 0 saturated carbocycles. The molecule has 21 heavy (non-hydrogen) atoms. The van der Waals surface area contributed by atoms with E-state index in [9.17, 15) is 9.59 Å². The number of fused-ring (bicyclic) bond motifs is 1. The molecule has 0 aromatic heterocycles. The van der Waals surface area contributed by atoms with Gasteiger partial charge in [0, 0.05) is 3.57 Å². The molecule has 0 N–H and O–H groups in total. The number of nitrogens with zero attached hydrogens (tertiary/aromatic N) is 1. The highest BCUT2D eigenvalue weighted by molar-refractivity contribution is 14.1. The molecule has 2 amide bonds. The van der Waals surface area contributed by atoms with Gasteiger partial charge in [0.05, 0.1) is 20.8 Å². The van der Waals surface area contributed by atoms with E-state index in [1.807, 2.05) is 36.4 Å². The zero-order chi connectivity index (χ0) is 15.4. The van der Waals surface area contributed by atoms with Crippen molar-refractivity contribution in [2.45, 2.75) is 6.54 Å². The zero-order valence-electron chi connectivity index (χ0n) is 11.6. The van der Waals surface area contributed by atoms with Crippen molar-refractivity contribution in [2.75, 3.05) is 14.2 Å². The topological polar surface area (TPSA) is 55.8 Å². The van der Waals surface area contributed by atoms with Crippen LogP contribution in [0.1, 0.15) is 5.56 Å². The van der Waals surface area contributed by atoms with Crippen molar-refractivity contribution in [3.8, 4) is 0 Å². The number of benzene rings is 2. The molecule has 0 bridgehead atoms. The Morgan fingerprint density at radius 3 is 2.29 bits per heavy atom. The van der Waals surface area contributed by atoms with Crippen molar-refractivity contribution >= 4 is 45.5 Å². The summed E-state index contributed by atoms with van der Waals surface area (Å²) in [6.07, 6.45) is -1.49. The maximum absolute atomic E-state index is 11.8. The lowest BCUT2D eigenvalue weighted by molar-refractivity contribution is 0.0961. The molecule has 0 aliphatic heterocycles. The van der Waals surface area contributed by atoms with Gasteiger partial charge in [0.25, 0.3) is 0 Å². The number of carbonyl (C=O) groups excluding carboxylic acids is 2. The van der Waals surface area contributed by atoms with Crippen LogP contribution in [-0.2, 0) is 16.0 Å². The molecule has 110 valence electrons. The van der Waals surface area contributed by atoms with Crippen LogP contribution in [0.15, 0.2) is 36.4 Å². The highest BCUT2D eigenvalue weighted by Crippen LogP contribution is 2.25. The molecule has 0 aliphatic rings. The second-order valence-corrected chi connectivity index (χ2v) is 5.44. The predicted molar refractivity (Wildman–Crippen MR) is 87.0 cm³/mol. The summed E-state index contributed by atoms with van der Waals surface area (Å²) in [4.78, 5) is 24.5. The lowest BCUT2D eigenvalue weighted by atomic mass is 10.0. The first kappa shape index (κ1) is 15.6. The first-order valence-corrected chi connectivity index (χ1v) is 7.26. The van der Waals surface area contributed by atoms with E-state index in [4.69, 9.17) is 0 Å². The molecule has 0 atom stereocenters. The van der Waals surface area contributed by atoms with Gasteiger partial charge in [-0.1, -0.05) is 30.3 Å². The molecule has 0 aliphatic carbocycles. The summed E-state index contributed by atoms with van der Waals surface area (Å²) in [6, 6.07) is 11.8. The standard InChI is InChI=1S/C15H14INO4/c1-20-14(18)17(15(19)21-2)9-12-11-6-4-3-5-10(11)7-8-13(12)16/h3-8H,9H2,1-2H3. The van der Waals surface area contributed by atoms with Crippen LogP contribution in [0.25, 0.3) is 10.8 Å². The van der Waals surface area contributed by atoms with E-state index in [0.29, 0.717) is 0 Å². The van der Waals surface area contributed by atoms with Gasteiger partial charge in [-0.25, -0.2) is 14.5 Å². The number of halogens is 1. The Labute approximate surface area is 136 Å². The molecule has 0 heterocycles. The number of hydrogen-bond donors (Lipinski definition) is 0. The van der Waals surface area contributed by atoms with Crippen LogP contribution in [0.3, 0.4) is 0 Å². The van der Waals surface area contributed by atoms with E-state index < -0.39 is 12.2 Å². The highest BCUT2D eigenvalue weighted by Gasteiger charge is 2.24. The number of methoxy groups -OCH3 is 2. The normalized spacial score (nSPS) is 10.2. The summed E-state index contributed by atoms with van der Waals surface area (Å²) in [5, 5.41) is 2.03. The fourth-order valence-corrected chi connectivity index (χ4v) is 2.69. The van der Waals surface area contributed by atoms with Gasteiger partial charge >= 0.3 is 12.2 Å². The predicted octanol–water partition coefficient (Wildman–Crippen LogP) is 3.78. The van der Waals surface area contributed by atoms with Gasteiger partial charge < -0.3 is 9.47 Å². The maximum Gasteiger partial charge on any atom is 0.419 e. The molecule has 2 rings (SSSR count). The Morgan fingerprint density at radius 1 is 1.05 bits per heavy atom. The molecule has 0 saturated heterocycles. The van der Waals surface area contributed by atoms with Crippen molar-refractivity contribution in [3.05, 3.63) is 45.5 Å². The smallest absolute Gasteiger partial charge is 0.419 e. The van der Waals surface area contributed by atoms with Crippen LogP contribution >= 0.6 is 22.6 Å². The minimum atomic E-state index is -0.745. The molecule has 5 nitrogen and oxygen atoms in total.